The number of carbonyl (C=O) groups is 1. The molecule has 0 saturated heterocycles. The van der Waals surface area contributed by atoms with Crippen LogP contribution < -0.4 is 15.0 Å². The quantitative estimate of drug-likeness (QED) is 0.843. The molecule has 2 heterocycles. The highest BCUT2D eigenvalue weighted by Gasteiger charge is 2.10. The topological polar surface area (TPSA) is 96.0 Å². The Balaban J connectivity index is 2.03. The van der Waals surface area contributed by atoms with E-state index in [0.717, 1.165) is 5.82 Å². The molecule has 2 rings (SSSR count). The van der Waals surface area contributed by atoms with Gasteiger partial charge in [0, 0.05) is 20.3 Å². The Morgan fingerprint density at radius 2 is 2.25 bits per heavy atom. The first-order valence-corrected chi connectivity index (χ1v) is 6.10. The molecule has 1 amide bonds. The van der Waals surface area contributed by atoms with E-state index < -0.39 is 0 Å². The van der Waals surface area contributed by atoms with E-state index in [0.29, 0.717) is 12.2 Å². The van der Waals surface area contributed by atoms with Crippen LogP contribution in [-0.2, 0) is 0 Å². The highest BCUT2D eigenvalue weighted by atomic mass is 16.5. The molecule has 0 bridgehead atoms. The molecule has 0 radical (unpaired) electrons. The van der Waals surface area contributed by atoms with Gasteiger partial charge in [-0.1, -0.05) is 0 Å². The molecule has 0 saturated carbocycles. The van der Waals surface area contributed by atoms with Gasteiger partial charge in [-0.3, -0.25) is 10.1 Å². The van der Waals surface area contributed by atoms with Gasteiger partial charge in [-0.2, -0.15) is 4.98 Å². The maximum absolute atomic E-state index is 12.0. The fraction of sp³-hybridized carbons (Fsp3) is 0.333. The lowest BCUT2D eigenvalue weighted by atomic mass is 10.2. The number of nitrogens with one attached hydrogen (secondary N) is 2. The zero-order chi connectivity index (χ0) is 14.5. The first-order chi connectivity index (χ1) is 9.60. The van der Waals surface area contributed by atoms with Gasteiger partial charge in [-0.15, -0.1) is 5.10 Å². The second-order valence-corrected chi connectivity index (χ2v) is 4.15. The van der Waals surface area contributed by atoms with E-state index in [9.17, 15) is 4.79 Å². The van der Waals surface area contributed by atoms with Crippen molar-refractivity contribution in [3.63, 3.8) is 0 Å². The molecule has 0 unspecified atom stereocenters. The van der Waals surface area contributed by atoms with E-state index >= 15 is 0 Å². The maximum atomic E-state index is 12.0. The second kappa shape index (κ2) is 6.00. The van der Waals surface area contributed by atoms with Crippen molar-refractivity contribution in [2.45, 2.75) is 6.92 Å². The highest BCUT2D eigenvalue weighted by Crippen LogP contribution is 2.10. The standard InChI is InChI=1S/C12H16N6O2/c1-4-20-12-15-11(16-17-12)14-10(19)8-5-6-9(13-7-8)18(2)3/h5-7H,4H2,1-3H3,(H2,14,15,16,17,19). The van der Waals surface area contributed by atoms with Gasteiger partial charge in [0.15, 0.2) is 0 Å². The number of ether oxygens (including phenoxy) is 1. The first-order valence-electron chi connectivity index (χ1n) is 6.10. The van der Waals surface area contributed by atoms with Crippen LogP contribution in [0.2, 0.25) is 0 Å². The summed E-state index contributed by atoms with van der Waals surface area (Å²) in [4.78, 5) is 22.0. The van der Waals surface area contributed by atoms with E-state index in [1.807, 2.05) is 25.9 Å². The summed E-state index contributed by atoms with van der Waals surface area (Å²) in [5, 5.41) is 8.95. The second-order valence-electron chi connectivity index (χ2n) is 4.15. The van der Waals surface area contributed by atoms with Crippen molar-refractivity contribution in [1.29, 1.82) is 0 Å². The van der Waals surface area contributed by atoms with Gasteiger partial charge < -0.3 is 9.64 Å². The minimum atomic E-state index is -0.318. The summed E-state index contributed by atoms with van der Waals surface area (Å²) in [7, 11) is 3.76. The molecular formula is C12H16N6O2. The largest absolute Gasteiger partial charge is 0.463 e. The molecule has 106 valence electrons. The van der Waals surface area contributed by atoms with Crippen molar-refractivity contribution in [1.82, 2.24) is 20.2 Å². The van der Waals surface area contributed by atoms with Crippen LogP contribution >= 0.6 is 0 Å². The van der Waals surface area contributed by atoms with E-state index in [4.69, 9.17) is 4.74 Å². The zero-order valence-corrected chi connectivity index (χ0v) is 11.5. The van der Waals surface area contributed by atoms with Gasteiger partial charge in [-0.25, -0.2) is 10.1 Å². The first kappa shape index (κ1) is 13.8. The number of rotatable bonds is 5. The Bertz CT molecular complexity index is 578. The number of hydrogen-bond acceptors (Lipinski definition) is 6. The number of nitrogens with zero attached hydrogens (tertiary/aromatic N) is 4. The van der Waals surface area contributed by atoms with Gasteiger partial charge in [0.05, 0.1) is 12.2 Å². The van der Waals surface area contributed by atoms with Gasteiger partial charge in [0.25, 0.3) is 5.91 Å². The molecule has 0 aromatic carbocycles. The van der Waals surface area contributed by atoms with Gasteiger partial charge >= 0.3 is 6.01 Å². The number of carbonyl (C=O) groups excluding carboxylic acids is 1. The minimum absolute atomic E-state index is 0.198. The maximum Gasteiger partial charge on any atom is 0.337 e. The van der Waals surface area contributed by atoms with E-state index in [1.54, 1.807) is 12.1 Å². The molecule has 8 heteroatoms. The lowest BCUT2D eigenvalue weighted by Crippen LogP contribution is -2.15. The van der Waals surface area contributed by atoms with Crippen LogP contribution in [0.5, 0.6) is 6.01 Å². The summed E-state index contributed by atoms with van der Waals surface area (Å²) in [6, 6.07) is 3.65. The lowest BCUT2D eigenvalue weighted by Gasteiger charge is -2.10. The summed E-state index contributed by atoms with van der Waals surface area (Å²) in [6.07, 6.45) is 1.50. The van der Waals surface area contributed by atoms with Gasteiger partial charge in [0.2, 0.25) is 5.95 Å². The molecule has 8 nitrogen and oxygen atoms in total. The Morgan fingerprint density at radius 3 is 2.85 bits per heavy atom. The number of aromatic nitrogens is 4. The van der Waals surface area contributed by atoms with Crippen LogP contribution in [-0.4, -0.2) is 46.8 Å². The summed E-state index contributed by atoms with van der Waals surface area (Å²) >= 11 is 0. The smallest absolute Gasteiger partial charge is 0.337 e. The molecular weight excluding hydrogens is 260 g/mol. The third-order valence-electron chi connectivity index (χ3n) is 2.44. The molecule has 0 atom stereocenters. The Hall–Kier alpha value is -2.64. The number of pyridine rings is 1. The van der Waals surface area contributed by atoms with Crippen LogP contribution in [0.15, 0.2) is 18.3 Å². The normalized spacial score (nSPS) is 10.2. The summed E-state index contributed by atoms with van der Waals surface area (Å²) in [5.41, 5.74) is 0.435. The Labute approximate surface area is 116 Å². The molecule has 2 aromatic rings. The lowest BCUT2D eigenvalue weighted by molar-refractivity contribution is 0.102. The van der Waals surface area contributed by atoms with Gasteiger partial charge in [-0.05, 0) is 19.1 Å². The third kappa shape index (κ3) is 3.22. The third-order valence-corrected chi connectivity index (χ3v) is 2.44. The highest BCUT2D eigenvalue weighted by molar-refractivity contribution is 6.03. The van der Waals surface area contributed by atoms with Crippen molar-refractivity contribution in [2.75, 3.05) is 30.9 Å². The molecule has 0 fully saturated rings. The van der Waals surface area contributed by atoms with E-state index in [2.05, 4.69) is 25.5 Å². The molecule has 0 spiro atoms. The van der Waals surface area contributed by atoms with Crippen LogP contribution in [0, 0.1) is 0 Å². The predicted octanol–water partition coefficient (Wildman–Crippen LogP) is 0.917. The molecule has 0 aliphatic carbocycles. The average molecular weight is 276 g/mol. The van der Waals surface area contributed by atoms with Crippen molar-refractivity contribution < 1.29 is 9.53 Å². The number of H-pyrrole nitrogens is 1. The van der Waals surface area contributed by atoms with Crippen LogP contribution in [0.4, 0.5) is 11.8 Å². The monoisotopic (exact) mass is 276 g/mol. The molecule has 2 N–H and O–H groups in total. The number of anilines is 2. The molecule has 0 aliphatic heterocycles. The molecule has 0 aliphatic rings. The van der Waals surface area contributed by atoms with Crippen LogP contribution in [0.1, 0.15) is 17.3 Å². The summed E-state index contributed by atoms with van der Waals surface area (Å²) in [6.45, 7) is 2.29. The summed E-state index contributed by atoms with van der Waals surface area (Å²) < 4.78 is 5.09. The van der Waals surface area contributed by atoms with Gasteiger partial charge in [0.1, 0.15) is 5.82 Å². The van der Waals surface area contributed by atoms with E-state index in [1.165, 1.54) is 6.20 Å². The molecule has 2 aromatic heterocycles. The number of amides is 1. The Kier molecular flexibility index (Phi) is 4.14. The zero-order valence-electron chi connectivity index (χ0n) is 11.5. The SMILES string of the molecule is CCOc1n[nH]c(NC(=O)c2ccc(N(C)C)nc2)n1. The van der Waals surface area contributed by atoms with Crippen molar-refractivity contribution >= 4 is 17.7 Å². The fourth-order valence-corrected chi connectivity index (χ4v) is 1.46. The summed E-state index contributed by atoms with van der Waals surface area (Å²) in [5.74, 6) is 0.692. The van der Waals surface area contributed by atoms with Crippen LogP contribution in [0.25, 0.3) is 0 Å². The number of hydrogen-bond donors (Lipinski definition) is 2. The Morgan fingerprint density at radius 1 is 1.45 bits per heavy atom. The van der Waals surface area contributed by atoms with E-state index in [-0.39, 0.29) is 17.9 Å². The molecule has 20 heavy (non-hydrogen) atoms. The average Bonchev–Trinajstić information content (AvgIpc) is 2.86. The number of aromatic amines is 1. The van der Waals surface area contributed by atoms with Crippen molar-refractivity contribution in [3.8, 4) is 6.01 Å². The van der Waals surface area contributed by atoms with Crippen molar-refractivity contribution in [2.24, 2.45) is 0 Å². The predicted molar refractivity (Wildman–Crippen MR) is 74.1 cm³/mol. The van der Waals surface area contributed by atoms with Crippen LogP contribution in [0.3, 0.4) is 0 Å². The fourth-order valence-electron chi connectivity index (χ4n) is 1.46. The van der Waals surface area contributed by atoms with Crippen molar-refractivity contribution in [3.05, 3.63) is 23.9 Å². The minimum Gasteiger partial charge on any atom is -0.463 e.